The zero-order valence-corrected chi connectivity index (χ0v) is 27.0. The summed E-state index contributed by atoms with van der Waals surface area (Å²) < 4.78 is 4.73. The van der Waals surface area contributed by atoms with Gasteiger partial charge in [-0.1, -0.05) is 42.8 Å². The molecule has 2 bridgehead atoms. The quantitative estimate of drug-likeness (QED) is 0.322. The largest absolute Gasteiger partial charge is 0.494 e. The van der Waals surface area contributed by atoms with Crippen molar-refractivity contribution in [3.63, 3.8) is 0 Å². The highest BCUT2D eigenvalue weighted by atomic mass is 35.5. The lowest BCUT2D eigenvalue weighted by atomic mass is 9.65. The Balaban J connectivity index is 1.58. The van der Waals surface area contributed by atoms with E-state index < -0.39 is 28.7 Å². The summed E-state index contributed by atoms with van der Waals surface area (Å²) in [6, 6.07) is 12.9. The van der Waals surface area contributed by atoms with Gasteiger partial charge >= 0.3 is 0 Å². The molecule has 1 N–H and O–H groups in total. The van der Waals surface area contributed by atoms with Crippen molar-refractivity contribution >= 4 is 52.5 Å². The van der Waals surface area contributed by atoms with Crippen molar-refractivity contribution in [3.8, 4) is 5.75 Å². The summed E-state index contributed by atoms with van der Waals surface area (Å²) in [7, 11) is 0. The van der Waals surface area contributed by atoms with Gasteiger partial charge in [0.15, 0.2) is 0 Å². The fraction of sp³-hybridized carbons (Fsp3) is 0.441. The second-order valence-electron chi connectivity index (χ2n) is 11.7. The van der Waals surface area contributed by atoms with Crippen LogP contribution in [0.2, 0.25) is 5.02 Å². The summed E-state index contributed by atoms with van der Waals surface area (Å²) in [4.78, 5) is 48.6. The van der Waals surface area contributed by atoms with Gasteiger partial charge in [-0.05, 0) is 62.6 Å². The van der Waals surface area contributed by atoms with E-state index >= 15 is 0 Å². The van der Waals surface area contributed by atoms with E-state index in [4.69, 9.17) is 16.3 Å². The molecule has 1 spiro atoms. The standard InChI is InChI=1S/C34H40ClN3O5S/c1-6-17-36(23-13-15-24(16-14-23)43-8-3)31(40)28-27-19-21(4)34(44-27)29(28)32(41)38(22(5)20-39)30(34)33(42)37(18-7-2)26-12-10-9-11-25(26)35/h6-7,9-16,21-22,27-30,39H,1-2,8,17-20H2,3-5H3/t21?,22-,27-,28+,29+,30?,34?/m1/s1. The average Bonchev–Trinajstić information content (AvgIpc) is 3.62. The van der Waals surface area contributed by atoms with Crippen LogP contribution >= 0.6 is 23.4 Å². The summed E-state index contributed by atoms with van der Waals surface area (Å²) in [5, 5.41) is 10.6. The summed E-state index contributed by atoms with van der Waals surface area (Å²) in [6.07, 6.45) is 3.99. The van der Waals surface area contributed by atoms with E-state index in [0.717, 1.165) is 0 Å². The molecule has 2 aromatic rings. The zero-order chi connectivity index (χ0) is 31.8. The summed E-state index contributed by atoms with van der Waals surface area (Å²) in [6.45, 7) is 14.1. The molecule has 3 amide bonds. The Bertz CT molecular complexity index is 1440. The molecule has 10 heteroatoms. The van der Waals surface area contributed by atoms with Crippen molar-refractivity contribution in [2.24, 2.45) is 17.8 Å². The molecule has 3 heterocycles. The fourth-order valence-electron chi connectivity index (χ4n) is 7.36. The SMILES string of the molecule is C=CCN(C(=O)[C@@H]1[C@H]2C(=O)N([C@H](C)CO)C(C(=O)N(CC=C)c3ccccc3Cl)C23S[C@@H]1CC3C)c1ccc(OCC)cc1. The second kappa shape index (κ2) is 13.0. The highest BCUT2D eigenvalue weighted by Gasteiger charge is 2.77. The summed E-state index contributed by atoms with van der Waals surface area (Å²) in [5.74, 6) is -1.44. The number of rotatable bonds is 12. The number of aliphatic hydroxyl groups excluding tert-OH is 1. The molecule has 8 nitrogen and oxygen atoms in total. The Morgan fingerprint density at radius 3 is 2.41 bits per heavy atom. The van der Waals surface area contributed by atoms with Crippen LogP contribution in [-0.2, 0) is 14.4 Å². The molecule has 3 aliphatic heterocycles. The molecular formula is C34H40ClN3O5S. The van der Waals surface area contributed by atoms with Gasteiger partial charge < -0.3 is 24.5 Å². The van der Waals surface area contributed by atoms with Gasteiger partial charge in [0.2, 0.25) is 11.8 Å². The lowest BCUT2D eigenvalue weighted by Gasteiger charge is -2.42. The first-order valence-corrected chi connectivity index (χ1v) is 16.3. The van der Waals surface area contributed by atoms with Crippen LogP contribution in [0.15, 0.2) is 73.8 Å². The number of hydrogen-bond acceptors (Lipinski definition) is 6. The van der Waals surface area contributed by atoms with Crippen LogP contribution in [0.5, 0.6) is 5.75 Å². The maximum atomic E-state index is 14.8. The Hall–Kier alpha value is -3.27. The third-order valence-electron chi connectivity index (χ3n) is 9.20. The monoisotopic (exact) mass is 637 g/mol. The van der Waals surface area contributed by atoms with E-state index in [-0.39, 0.29) is 48.6 Å². The van der Waals surface area contributed by atoms with E-state index in [1.165, 1.54) is 0 Å². The smallest absolute Gasteiger partial charge is 0.251 e. The van der Waals surface area contributed by atoms with Crippen molar-refractivity contribution in [1.29, 1.82) is 0 Å². The Kier molecular flexibility index (Phi) is 9.49. The Morgan fingerprint density at radius 1 is 1.14 bits per heavy atom. The minimum atomic E-state index is -0.903. The van der Waals surface area contributed by atoms with E-state index in [0.29, 0.717) is 35.2 Å². The predicted molar refractivity (Wildman–Crippen MR) is 176 cm³/mol. The van der Waals surface area contributed by atoms with Crippen LogP contribution in [0.4, 0.5) is 11.4 Å². The number of fused-ring (bicyclic) bond motifs is 1. The van der Waals surface area contributed by atoms with Crippen LogP contribution in [0.1, 0.15) is 27.2 Å². The van der Waals surface area contributed by atoms with Gasteiger partial charge in [-0.3, -0.25) is 14.4 Å². The molecule has 3 unspecified atom stereocenters. The number of para-hydroxylation sites is 1. The minimum Gasteiger partial charge on any atom is -0.494 e. The first-order valence-electron chi connectivity index (χ1n) is 15.1. The van der Waals surface area contributed by atoms with E-state index in [1.807, 2.05) is 37.3 Å². The number of carbonyl (C=O) groups excluding carboxylic acids is 3. The number of likely N-dealkylation sites (tertiary alicyclic amines) is 1. The number of amides is 3. The van der Waals surface area contributed by atoms with Crippen molar-refractivity contribution in [2.45, 2.75) is 49.3 Å². The van der Waals surface area contributed by atoms with Gasteiger partial charge in [0.25, 0.3) is 5.91 Å². The number of nitrogens with zero attached hydrogens (tertiary/aromatic N) is 3. The fourth-order valence-corrected chi connectivity index (χ4v) is 9.99. The highest BCUT2D eigenvalue weighted by Crippen LogP contribution is 2.69. The average molecular weight is 638 g/mol. The molecule has 3 saturated heterocycles. The van der Waals surface area contributed by atoms with Crippen LogP contribution in [0.3, 0.4) is 0 Å². The topological polar surface area (TPSA) is 90.4 Å². The van der Waals surface area contributed by atoms with Crippen molar-refractivity contribution in [2.75, 3.05) is 36.1 Å². The predicted octanol–water partition coefficient (Wildman–Crippen LogP) is 5.19. The van der Waals surface area contributed by atoms with Crippen LogP contribution < -0.4 is 14.5 Å². The molecule has 0 radical (unpaired) electrons. The van der Waals surface area contributed by atoms with Crippen LogP contribution in [-0.4, -0.2) is 76.1 Å². The highest BCUT2D eigenvalue weighted by molar-refractivity contribution is 8.02. The third-order valence-corrected chi connectivity index (χ3v) is 11.6. The number of benzene rings is 2. The number of hydrogen-bond donors (Lipinski definition) is 1. The van der Waals surface area contributed by atoms with Crippen LogP contribution in [0.25, 0.3) is 0 Å². The first kappa shape index (κ1) is 32.1. The molecule has 0 aliphatic carbocycles. The molecule has 5 rings (SSSR count). The Morgan fingerprint density at radius 2 is 1.80 bits per heavy atom. The van der Waals surface area contributed by atoms with Crippen molar-refractivity contribution in [3.05, 3.63) is 78.9 Å². The summed E-state index contributed by atoms with van der Waals surface area (Å²) in [5.41, 5.74) is 1.20. The molecule has 2 aromatic carbocycles. The molecular weight excluding hydrogens is 598 g/mol. The van der Waals surface area contributed by atoms with E-state index in [1.54, 1.807) is 63.7 Å². The maximum absolute atomic E-state index is 14.8. The van der Waals surface area contributed by atoms with Gasteiger partial charge in [0.05, 0.1) is 46.5 Å². The van der Waals surface area contributed by atoms with Gasteiger partial charge in [-0.2, -0.15) is 0 Å². The number of thioether (sulfide) groups is 1. The van der Waals surface area contributed by atoms with E-state index in [2.05, 4.69) is 20.1 Å². The van der Waals surface area contributed by atoms with E-state index in [9.17, 15) is 19.5 Å². The number of ether oxygens (including phenoxy) is 1. The lowest BCUT2D eigenvalue weighted by Crippen LogP contribution is -2.59. The summed E-state index contributed by atoms with van der Waals surface area (Å²) >= 11 is 8.17. The lowest BCUT2D eigenvalue weighted by molar-refractivity contribution is -0.141. The molecule has 3 aliphatic rings. The van der Waals surface area contributed by atoms with Gasteiger partial charge in [0, 0.05) is 24.0 Å². The van der Waals surface area contributed by atoms with Gasteiger partial charge in [-0.25, -0.2) is 0 Å². The first-order chi connectivity index (χ1) is 21.2. The number of aliphatic hydroxyl groups is 1. The van der Waals surface area contributed by atoms with Crippen LogP contribution in [0, 0.1) is 17.8 Å². The zero-order valence-electron chi connectivity index (χ0n) is 25.4. The maximum Gasteiger partial charge on any atom is 0.251 e. The number of halogens is 1. The third kappa shape index (κ3) is 5.12. The van der Waals surface area contributed by atoms with Crippen molar-refractivity contribution in [1.82, 2.24) is 4.90 Å². The van der Waals surface area contributed by atoms with Crippen molar-refractivity contribution < 1.29 is 24.2 Å². The molecule has 234 valence electrons. The van der Waals surface area contributed by atoms with Gasteiger partial charge in [0.1, 0.15) is 11.8 Å². The van der Waals surface area contributed by atoms with Gasteiger partial charge in [-0.15, -0.1) is 24.9 Å². The molecule has 3 fully saturated rings. The Labute approximate surface area is 268 Å². The molecule has 7 atom stereocenters. The molecule has 44 heavy (non-hydrogen) atoms. The number of anilines is 2. The number of carbonyl (C=O) groups is 3. The molecule has 0 aromatic heterocycles. The second-order valence-corrected chi connectivity index (χ2v) is 13.6. The minimum absolute atomic E-state index is 0.0319. The molecule has 0 saturated carbocycles. The normalized spacial score (nSPS) is 27.5.